The molecular formula is C24H28N8O2. The summed E-state index contributed by atoms with van der Waals surface area (Å²) in [6.07, 6.45) is 5.99. The van der Waals surface area contributed by atoms with E-state index in [1.165, 1.54) is 0 Å². The number of nitrogens with one attached hydrogen (secondary N) is 1. The number of imidazole rings is 1. The quantitative estimate of drug-likeness (QED) is 0.382. The van der Waals surface area contributed by atoms with E-state index in [1.807, 2.05) is 35.8 Å². The second kappa shape index (κ2) is 9.52. The number of aromatic hydroxyl groups is 1. The van der Waals surface area contributed by atoms with Crippen LogP contribution in [0.2, 0.25) is 0 Å². The van der Waals surface area contributed by atoms with Gasteiger partial charge in [-0.1, -0.05) is 6.92 Å². The molecule has 4 aromatic rings. The van der Waals surface area contributed by atoms with Gasteiger partial charge in [0.1, 0.15) is 12.1 Å². The van der Waals surface area contributed by atoms with Crippen molar-refractivity contribution < 1.29 is 10.2 Å². The molecule has 1 aromatic carbocycles. The lowest BCUT2D eigenvalue weighted by atomic mass is 10.2. The normalized spacial score (nSPS) is 15.0. The number of nitrogens with zero attached hydrogens (tertiary/aromatic N) is 7. The number of phenolic OH excluding ortho intramolecular Hbond substituents is 1. The molecule has 0 aliphatic carbocycles. The Morgan fingerprint density at radius 3 is 2.44 bits per heavy atom. The molecule has 3 aromatic heterocycles. The van der Waals surface area contributed by atoms with Crippen LogP contribution in [0, 0.1) is 0 Å². The average molecular weight is 461 g/mol. The summed E-state index contributed by atoms with van der Waals surface area (Å²) >= 11 is 0. The Labute approximate surface area is 197 Å². The molecule has 0 spiro atoms. The third-order valence-electron chi connectivity index (χ3n) is 6.14. The van der Waals surface area contributed by atoms with Gasteiger partial charge in [0.05, 0.1) is 24.5 Å². The molecule has 1 fully saturated rings. The van der Waals surface area contributed by atoms with Gasteiger partial charge in [-0.05, 0) is 42.8 Å². The average Bonchev–Trinajstić information content (AvgIpc) is 3.32. The van der Waals surface area contributed by atoms with Crippen LogP contribution in [-0.4, -0.2) is 73.5 Å². The SMILES string of the molecule is CCC(CO)Nc1nc(N2CCN(c3ccc(O)cc3)CC2)nc2c1ncn2-c1cccnc1. The summed E-state index contributed by atoms with van der Waals surface area (Å²) in [5, 5.41) is 22.7. The number of phenols is 1. The Morgan fingerprint density at radius 2 is 1.76 bits per heavy atom. The molecule has 176 valence electrons. The number of hydrogen-bond donors (Lipinski definition) is 3. The largest absolute Gasteiger partial charge is 0.508 e. The Bertz CT molecular complexity index is 1230. The molecule has 10 heteroatoms. The van der Waals surface area contributed by atoms with E-state index in [4.69, 9.17) is 9.97 Å². The summed E-state index contributed by atoms with van der Waals surface area (Å²) in [5.74, 6) is 1.51. The van der Waals surface area contributed by atoms with Crippen molar-refractivity contribution in [2.24, 2.45) is 0 Å². The van der Waals surface area contributed by atoms with Crippen LogP contribution in [0.25, 0.3) is 16.9 Å². The third-order valence-corrected chi connectivity index (χ3v) is 6.14. The molecule has 0 amide bonds. The highest BCUT2D eigenvalue weighted by atomic mass is 16.3. The van der Waals surface area contributed by atoms with Crippen LogP contribution in [0.15, 0.2) is 55.1 Å². The van der Waals surface area contributed by atoms with Crippen molar-refractivity contribution in [2.75, 3.05) is 47.9 Å². The Kier molecular flexibility index (Phi) is 6.13. The zero-order valence-corrected chi connectivity index (χ0v) is 19.0. The molecule has 34 heavy (non-hydrogen) atoms. The van der Waals surface area contributed by atoms with Gasteiger partial charge in [-0.2, -0.15) is 9.97 Å². The molecule has 0 bridgehead atoms. The van der Waals surface area contributed by atoms with Crippen LogP contribution in [-0.2, 0) is 0 Å². The fourth-order valence-electron chi connectivity index (χ4n) is 4.11. The molecule has 1 unspecified atom stereocenters. The van der Waals surface area contributed by atoms with Crippen LogP contribution in [0.5, 0.6) is 5.75 Å². The Hall–Kier alpha value is -3.92. The zero-order valence-electron chi connectivity index (χ0n) is 19.0. The second-order valence-corrected chi connectivity index (χ2v) is 8.29. The van der Waals surface area contributed by atoms with Crippen molar-refractivity contribution in [1.29, 1.82) is 0 Å². The van der Waals surface area contributed by atoms with Gasteiger partial charge in [0.2, 0.25) is 5.95 Å². The third kappa shape index (κ3) is 4.32. The Balaban J connectivity index is 1.47. The maximum absolute atomic E-state index is 9.74. The molecule has 10 nitrogen and oxygen atoms in total. The van der Waals surface area contributed by atoms with Gasteiger partial charge >= 0.3 is 0 Å². The van der Waals surface area contributed by atoms with Crippen LogP contribution in [0.3, 0.4) is 0 Å². The molecular weight excluding hydrogens is 432 g/mol. The highest BCUT2D eigenvalue weighted by Crippen LogP contribution is 2.27. The number of hydrogen-bond acceptors (Lipinski definition) is 9. The fraction of sp³-hybridized carbons (Fsp3) is 0.333. The van der Waals surface area contributed by atoms with Crippen molar-refractivity contribution in [2.45, 2.75) is 19.4 Å². The van der Waals surface area contributed by atoms with E-state index in [0.717, 1.165) is 44.0 Å². The number of anilines is 3. The molecule has 3 N–H and O–H groups in total. The summed E-state index contributed by atoms with van der Waals surface area (Å²) in [5.41, 5.74) is 3.29. The van der Waals surface area contributed by atoms with Gasteiger partial charge in [-0.25, -0.2) is 4.98 Å². The maximum atomic E-state index is 9.74. The monoisotopic (exact) mass is 460 g/mol. The van der Waals surface area contributed by atoms with E-state index in [1.54, 1.807) is 30.9 Å². The van der Waals surface area contributed by atoms with Gasteiger partial charge in [-0.15, -0.1) is 0 Å². The molecule has 4 heterocycles. The number of pyridine rings is 1. The number of aliphatic hydroxyl groups is 1. The number of aromatic nitrogens is 5. The molecule has 0 radical (unpaired) electrons. The van der Waals surface area contributed by atoms with Crippen molar-refractivity contribution in [1.82, 2.24) is 24.5 Å². The lowest BCUT2D eigenvalue weighted by molar-refractivity contribution is 0.271. The molecule has 1 aliphatic heterocycles. The first-order valence-electron chi connectivity index (χ1n) is 11.5. The predicted octanol–water partition coefficient (Wildman–Crippen LogP) is 2.43. The van der Waals surface area contributed by atoms with Crippen LogP contribution < -0.4 is 15.1 Å². The van der Waals surface area contributed by atoms with E-state index in [-0.39, 0.29) is 18.4 Å². The standard InChI is InChI=1S/C24H28N8O2/c1-2-17(15-33)27-22-21-23(32(16-26-21)19-4-3-9-25-14-19)29-24(28-22)31-12-10-30(11-13-31)18-5-7-20(34)8-6-18/h3-9,14,16-17,33-34H,2,10-13,15H2,1H3,(H,27,28,29). The molecule has 0 saturated carbocycles. The lowest BCUT2D eigenvalue weighted by Gasteiger charge is -2.36. The molecule has 5 rings (SSSR count). The summed E-state index contributed by atoms with van der Waals surface area (Å²) < 4.78 is 1.91. The molecule has 1 atom stereocenters. The summed E-state index contributed by atoms with van der Waals surface area (Å²) in [4.78, 5) is 23.0. The van der Waals surface area contributed by atoms with Crippen LogP contribution in [0.4, 0.5) is 17.5 Å². The van der Waals surface area contributed by atoms with Gasteiger partial charge in [0.15, 0.2) is 17.0 Å². The molecule has 1 aliphatic rings. The smallest absolute Gasteiger partial charge is 0.229 e. The van der Waals surface area contributed by atoms with Crippen LogP contribution in [0.1, 0.15) is 13.3 Å². The number of aliphatic hydroxyl groups excluding tert-OH is 1. The topological polar surface area (TPSA) is 115 Å². The van der Waals surface area contributed by atoms with E-state index in [9.17, 15) is 10.2 Å². The van der Waals surface area contributed by atoms with Crippen molar-refractivity contribution >= 4 is 28.6 Å². The lowest BCUT2D eigenvalue weighted by Crippen LogP contribution is -2.47. The number of piperazine rings is 1. The highest BCUT2D eigenvalue weighted by molar-refractivity contribution is 5.85. The second-order valence-electron chi connectivity index (χ2n) is 8.29. The minimum Gasteiger partial charge on any atom is -0.508 e. The highest BCUT2D eigenvalue weighted by Gasteiger charge is 2.23. The van der Waals surface area contributed by atoms with Gasteiger partial charge in [-0.3, -0.25) is 9.55 Å². The minimum absolute atomic E-state index is 0.00590. The first-order chi connectivity index (χ1) is 16.7. The van der Waals surface area contributed by atoms with Crippen molar-refractivity contribution in [3.05, 3.63) is 55.1 Å². The molecule has 1 saturated heterocycles. The first kappa shape index (κ1) is 21.9. The zero-order chi connectivity index (χ0) is 23.5. The van der Waals surface area contributed by atoms with E-state index >= 15 is 0 Å². The maximum Gasteiger partial charge on any atom is 0.229 e. The first-order valence-corrected chi connectivity index (χ1v) is 11.5. The van der Waals surface area contributed by atoms with Gasteiger partial charge < -0.3 is 25.3 Å². The summed E-state index contributed by atoms with van der Waals surface area (Å²) in [7, 11) is 0. The fourth-order valence-corrected chi connectivity index (χ4v) is 4.11. The van der Waals surface area contributed by atoms with E-state index in [2.05, 4.69) is 25.1 Å². The Morgan fingerprint density at radius 1 is 1.00 bits per heavy atom. The summed E-state index contributed by atoms with van der Waals surface area (Å²) in [6.45, 7) is 5.15. The minimum atomic E-state index is -0.124. The predicted molar refractivity (Wildman–Crippen MR) is 132 cm³/mol. The number of benzene rings is 1. The summed E-state index contributed by atoms with van der Waals surface area (Å²) in [6, 6.07) is 11.0. The number of fused-ring (bicyclic) bond motifs is 1. The van der Waals surface area contributed by atoms with Crippen molar-refractivity contribution in [3.8, 4) is 11.4 Å². The van der Waals surface area contributed by atoms with Crippen LogP contribution >= 0.6 is 0 Å². The van der Waals surface area contributed by atoms with Gasteiger partial charge in [0, 0.05) is 38.1 Å². The van der Waals surface area contributed by atoms with Gasteiger partial charge in [0.25, 0.3) is 0 Å². The van der Waals surface area contributed by atoms with E-state index < -0.39 is 0 Å². The van der Waals surface area contributed by atoms with E-state index in [0.29, 0.717) is 22.9 Å². The number of rotatable bonds is 7. The van der Waals surface area contributed by atoms with Crippen molar-refractivity contribution in [3.63, 3.8) is 0 Å².